The summed E-state index contributed by atoms with van der Waals surface area (Å²) in [5.74, 6) is 0.0859. The second-order valence-corrected chi connectivity index (χ2v) is 5.94. The quantitative estimate of drug-likeness (QED) is 0.822. The third-order valence-electron chi connectivity index (χ3n) is 4.19. The Bertz CT molecular complexity index is 298. The number of nitrogens with zero attached hydrogens (tertiary/aromatic N) is 2. The first-order valence-electron chi connectivity index (χ1n) is 7.14. The van der Waals surface area contributed by atoms with E-state index in [4.69, 9.17) is 0 Å². The molecule has 1 heterocycles. The second-order valence-electron chi connectivity index (χ2n) is 5.94. The molecule has 0 radical (unpaired) electrons. The Hall–Kier alpha value is -0.610. The van der Waals surface area contributed by atoms with Gasteiger partial charge in [0.2, 0.25) is 5.91 Å². The highest BCUT2D eigenvalue weighted by atomic mass is 16.5. The van der Waals surface area contributed by atoms with E-state index in [2.05, 4.69) is 6.92 Å². The van der Waals surface area contributed by atoms with Gasteiger partial charge in [0.1, 0.15) is 5.54 Å². The lowest BCUT2D eigenvalue weighted by Gasteiger charge is -2.54. The number of carbonyl (C=O) groups excluding carboxylic acids is 1. The van der Waals surface area contributed by atoms with Crippen LogP contribution in [0.15, 0.2) is 0 Å². The first-order valence-corrected chi connectivity index (χ1v) is 7.14. The second kappa shape index (κ2) is 5.57. The minimum absolute atomic E-state index is 0.0859. The highest BCUT2D eigenvalue weighted by molar-refractivity contribution is 5.87. The molecule has 1 fully saturated rings. The van der Waals surface area contributed by atoms with E-state index < -0.39 is 5.54 Å². The lowest BCUT2D eigenvalue weighted by molar-refractivity contribution is -0.257. The topological polar surface area (TPSA) is 43.8 Å². The fourth-order valence-corrected chi connectivity index (χ4v) is 2.95. The molecular formula is C14H28N2O2. The van der Waals surface area contributed by atoms with Gasteiger partial charge in [-0.2, -0.15) is 5.06 Å². The van der Waals surface area contributed by atoms with Crippen LogP contribution in [0.25, 0.3) is 0 Å². The maximum absolute atomic E-state index is 12.6. The van der Waals surface area contributed by atoms with Gasteiger partial charge in [-0.25, -0.2) is 0 Å². The summed E-state index contributed by atoms with van der Waals surface area (Å²) in [7, 11) is 0. The maximum atomic E-state index is 12.6. The molecule has 1 amide bonds. The van der Waals surface area contributed by atoms with Crippen molar-refractivity contribution in [1.82, 2.24) is 9.96 Å². The molecule has 106 valence electrons. The van der Waals surface area contributed by atoms with E-state index in [1.54, 1.807) is 0 Å². The van der Waals surface area contributed by atoms with E-state index in [0.717, 1.165) is 19.4 Å². The third-order valence-corrected chi connectivity index (χ3v) is 4.19. The normalized spacial score (nSPS) is 23.4. The van der Waals surface area contributed by atoms with Gasteiger partial charge < -0.3 is 10.1 Å². The number of rotatable bonds is 5. The molecule has 0 aromatic carbocycles. The zero-order valence-corrected chi connectivity index (χ0v) is 12.5. The maximum Gasteiger partial charge on any atom is 0.245 e. The Morgan fingerprint density at radius 3 is 2.22 bits per heavy atom. The lowest BCUT2D eigenvalue weighted by atomic mass is 9.82. The van der Waals surface area contributed by atoms with Crippen molar-refractivity contribution in [2.24, 2.45) is 0 Å². The molecular weight excluding hydrogens is 228 g/mol. The average molecular weight is 256 g/mol. The van der Waals surface area contributed by atoms with Crippen LogP contribution in [0, 0.1) is 0 Å². The van der Waals surface area contributed by atoms with Gasteiger partial charge in [0.05, 0.1) is 5.54 Å². The number of hydrogen-bond acceptors (Lipinski definition) is 3. The van der Waals surface area contributed by atoms with Gasteiger partial charge in [0.25, 0.3) is 0 Å². The minimum Gasteiger partial charge on any atom is -0.339 e. The van der Waals surface area contributed by atoms with Gasteiger partial charge in [-0.05, 0) is 33.1 Å². The smallest absolute Gasteiger partial charge is 0.245 e. The molecule has 18 heavy (non-hydrogen) atoms. The number of hydrogen-bond donors (Lipinski definition) is 1. The van der Waals surface area contributed by atoms with Crippen LogP contribution in [-0.4, -0.2) is 45.2 Å². The van der Waals surface area contributed by atoms with E-state index >= 15 is 0 Å². The standard InChI is InChI=1S/C14H28N2O2/c1-6-9-10-15-11-13(4,5)16(18)14(7-2,8-3)12(15)17/h18H,6-11H2,1-5H3. The molecule has 0 atom stereocenters. The van der Waals surface area contributed by atoms with E-state index in [1.807, 2.05) is 32.6 Å². The molecule has 0 bridgehead atoms. The van der Waals surface area contributed by atoms with Crippen molar-refractivity contribution in [2.45, 2.75) is 71.4 Å². The van der Waals surface area contributed by atoms with Crippen LogP contribution >= 0.6 is 0 Å². The Kier molecular flexibility index (Phi) is 4.78. The summed E-state index contributed by atoms with van der Waals surface area (Å²) < 4.78 is 0. The number of hydroxylamine groups is 2. The summed E-state index contributed by atoms with van der Waals surface area (Å²) in [5.41, 5.74) is -1.12. The Morgan fingerprint density at radius 2 is 1.78 bits per heavy atom. The molecule has 0 aromatic rings. The Morgan fingerprint density at radius 1 is 1.22 bits per heavy atom. The fourth-order valence-electron chi connectivity index (χ4n) is 2.95. The summed E-state index contributed by atoms with van der Waals surface area (Å²) in [6, 6.07) is 0. The molecule has 0 aromatic heterocycles. The van der Waals surface area contributed by atoms with Crippen molar-refractivity contribution in [2.75, 3.05) is 13.1 Å². The molecule has 4 nitrogen and oxygen atoms in total. The predicted octanol–water partition coefficient (Wildman–Crippen LogP) is 2.66. The molecule has 4 heteroatoms. The number of amides is 1. The molecule has 0 unspecified atom stereocenters. The molecule has 0 aliphatic carbocycles. The average Bonchev–Trinajstić information content (AvgIpc) is 2.34. The fraction of sp³-hybridized carbons (Fsp3) is 0.929. The van der Waals surface area contributed by atoms with Crippen molar-refractivity contribution in [3.8, 4) is 0 Å². The summed E-state index contributed by atoms with van der Waals surface area (Å²) >= 11 is 0. The van der Waals surface area contributed by atoms with Crippen molar-refractivity contribution >= 4 is 5.91 Å². The van der Waals surface area contributed by atoms with Crippen LogP contribution in [0.3, 0.4) is 0 Å². The first-order chi connectivity index (χ1) is 8.35. The van der Waals surface area contributed by atoms with Crippen LogP contribution in [0.2, 0.25) is 0 Å². The van der Waals surface area contributed by atoms with Crippen LogP contribution in [0.4, 0.5) is 0 Å². The zero-order chi connectivity index (χ0) is 14.0. The monoisotopic (exact) mass is 256 g/mol. The van der Waals surface area contributed by atoms with Gasteiger partial charge in [-0.3, -0.25) is 4.79 Å². The SMILES string of the molecule is CCCCN1CC(C)(C)N(O)C(CC)(CC)C1=O. The summed E-state index contributed by atoms with van der Waals surface area (Å²) in [6.07, 6.45) is 3.39. The summed E-state index contributed by atoms with van der Waals surface area (Å²) in [4.78, 5) is 14.6. The Labute approximate surface area is 111 Å². The van der Waals surface area contributed by atoms with E-state index in [1.165, 1.54) is 5.06 Å². The zero-order valence-electron chi connectivity index (χ0n) is 12.5. The van der Waals surface area contributed by atoms with Crippen LogP contribution in [0.5, 0.6) is 0 Å². The summed E-state index contributed by atoms with van der Waals surface area (Å²) in [5, 5.41) is 11.8. The number of carbonyl (C=O) groups is 1. The van der Waals surface area contributed by atoms with Crippen LogP contribution < -0.4 is 0 Å². The van der Waals surface area contributed by atoms with Gasteiger partial charge >= 0.3 is 0 Å². The molecule has 1 aliphatic rings. The van der Waals surface area contributed by atoms with Crippen molar-refractivity contribution in [3.05, 3.63) is 0 Å². The van der Waals surface area contributed by atoms with Crippen LogP contribution in [-0.2, 0) is 4.79 Å². The van der Waals surface area contributed by atoms with Gasteiger partial charge in [-0.15, -0.1) is 0 Å². The van der Waals surface area contributed by atoms with E-state index in [-0.39, 0.29) is 11.4 Å². The molecule has 1 aliphatic heterocycles. The minimum atomic E-state index is -0.741. The molecule has 1 N–H and O–H groups in total. The Balaban J connectivity index is 3.04. The summed E-state index contributed by atoms with van der Waals surface area (Å²) in [6.45, 7) is 11.5. The largest absolute Gasteiger partial charge is 0.339 e. The predicted molar refractivity (Wildman–Crippen MR) is 72.5 cm³/mol. The van der Waals surface area contributed by atoms with Crippen LogP contribution in [0.1, 0.15) is 60.3 Å². The van der Waals surface area contributed by atoms with E-state index in [0.29, 0.717) is 19.4 Å². The molecule has 1 saturated heterocycles. The lowest BCUT2D eigenvalue weighted by Crippen LogP contribution is -2.72. The number of piperazine rings is 1. The van der Waals surface area contributed by atoms with E-state index in [9.17, 15) is 10.0 Å². The van der Waals surface area contributed by atoms with Gasteiger partial charge in [-0.1, -0.05) is 27.2 Å². The van der Waals surface area contributed by atoms with Gasteiger partial charge in [0, 0.05) is 13.1 Å². The molecule has 0 spiro atoms. The highest BCUT2D eigenvalue weighted by Crippen LogP contribution is 2.36. The number of unbranched alkanes of at least 4 members (excludes halogenated alkanes) is 1. The van der Waals surface area contributed by atoms with Crippen molar-refractivity contribution in [1.29, 1.82) is 0 Å². The first kappa shape index (κ1) is 15.4. The highest BCUT2D eigenvalue weighted by Gasteiger charge is 2.53. The molecule has 1 rings (SSSR count). The molecule has 0 saturated carbocycles. The van der Waals surface area contributed by atoms with Crippen molar-refractivity contribution in [3.63, 3.8) is 0 Å². The van der Waals surface area contributed by atoms with Crippen molar-refractivity contribution < 1.29 is 10.0 Å². The third kappa shape index (κ3) is 2.41. The van der Waals surface area contributed by atoms with Gasteiger partial charge in [0.15, 0.2) is 0 Å².